The average molecular weight is 239 g/mol. The molecule has 0 spiro atoms. The van der Waals surface area contributed by atoms with E-state index in [0.29, 0.717) is 16.3 Å². The van der Waals surface area contributed by atoms with Crippen molar-refractivity contribution < 1.29 is 19.4 Å². The van der Waals surface area contributed by atoms with E-state index in [-0.39, 0.29) is 12.2 Å². The second-order valence-corrected chi connectivity index (χ2v) is 4.49. The van der Waals surface area contributed by atoms with Gasteiger partial charge in [0.2, 0.25) is 5.60 Å². The number of rotatable bonds is 1. The third kappa shape index (κ3) is 1.05. The number of benzene rings is 1. The molecule has 1 fully saturated rings. The highest BCUT2D eigenvalue weighted by atomic mass is 35.5. The maximum Gasteiger partial charge on any atom is 0.348 e. The molecule has 1 saturated carbocycles. The van der Waals surface area contributed by atoms with Crippen LogP contribution in [0.15, 0.2) is 18.2 Å². The Morgan fingerprint density at radius 1 is 1.56 bits per heavy atom. The Kier molecular flexibility index (Phi) is 1.67. The molecule has 1 heterocycles. The van der Waals surface area contributed by atoms with E-state index >= 15 is 0 Å². The van der Waals surface area contributed by atoms with Gasteiger partial charge in [0.05, 0.1) is 11.5 Å². The number of Topliss-reactive ketones (excluding diaryl/α,β-unsaturated/α-hetero) is 1. The summed E-state index contributed by atoms with van der Waals surface area (Å²) in [6.45, 7) is 0. The van der Waals surface area contributed by atoms with E-state index in [0.717, 1.165) is 0 Å². The first kappa shape index (κ1) is 9.66. The van der Waals surface area contributed by atoms with Gasteiger partial charge in [0, 0.05) is 11.4 Å². The summed E-state index contributed by atoms with van der Waals surface area (Å²) < 4.78 is 5.40. The Balaban J connectivity index is 2.11. The Morgan fingerprint density at radius 2 is 2.31 bits per heavy atom. The Bertz CT molecular complexity index is 525. The number of carboxylic acids is 1. The summed E-state index contributed by atoms with van der Waals surface area (Å²) in [4.78, 5) is 23.0. The van der Waals surface area contributed by atoms with E-state index in [1.165, 1.54) is 12.1 Å². The number of fused-ring (bicyclic) bond motifs is 2. The fourth-order valence-electron chi connectivity index (χ4n) is 2.11. The van der Waals surface area contributed by atoms with Crippen molar-refractivity contribution in [2.24, 2.45) is 5.92 Å². The Morgan fingerprint density at radius 3 is 3.00 bits per heavy atom. The van der Waals surface area contributed by atoms with Crippen LogP contribution in [0.4, 0.5) is 0 Å². The number of halogens is 1. The van der Waals surface area contributed by atoms with E-state index < -0.39 is 17.5 Å². The van der Waals surface area contributed by atoms with Crippen molar-refractivity contribution in [3.8, 4) is 5.75 Å². The fourth-order valence-corrected chi connectivity index (χ4v) is 2.28. The highest BCUT2D eigenvalue weighted by Crippen LogP contribution is 2.54. The van der Waals surface area contributed by atoms with Crippen molar-refractivity contribution >= 4 is 23.4 Å². The van der Waals surface area contributed by atoms with Crippen LogP contribution in [0.1, 0.15) is 16.8 Å². The molecule has 3 rings (SSSR count). The van der Waals surface area contributed by atoms with Crippen molar-refractivity contribution in [3.05, 3.63) is 28.8 Å². The van der Waals surface area contributed by atoms with Gasteiger partial charge in [-0.3, -0.25) is 4.79 Å². The van der Waals surface area contributed by atoms with Gasteiger partial charge in [-0.05, 0) is 18.2 Å². The summed E-state index contributed by atoms with van der Waals surface area (Å²) >= 11 is 5.78. The van der Waals surface area contributed by atoms with Crippen molar-refractivity contribution in [1.29, 1.82) is 0 Å². The van der Waals surface area contributed by atoms with Crippen molar-refractivity contribution in [2.45, 2.75) is 12.0 Å². The minimum Gasteiger partial charge on any atom is -0.478 e. The molecule has 4 nitrogen and oxygen atoms in total. The van der Waals surface area contributed by atoms with Gasteiger partial charge >= 0.3 is 5.97 Å². The van der Waals surface area contributed by atoms with E-state index in [9.17, 15) is 9.59 Å². The van der Waals surface area contributed by atoms with E-state index in [4.69, 9.17) is 21.4 Å². The van der Waals surface area contributed by atoms with Crippen molar-refractivity contribution in [2.75, 3.05) is 0 Å². The number of aliphatic carboxylic acids is 1. The second kappa shape index (κ2) is 2.77. The van der Waals surface area contributed by atoms with Crippen LogP contribution in [-0.2, 0) is 4.79 Å². The van der Waals surface area contributed by atoms with Crippen LogP contribution in [0, 0.1) is 5.92 Å². The second-order valence-electron chi connectivity index (χ2n) is 4.06. The maximum atomic E-state index is 11.9. The zero-order valence-corrected chi connectivity index (χ0v) is 8.82. The predicted molar refractivity (Wildman–Crippen MR) is 54.9 cm³/mol. The lowest BCUT2D eigenvalue weighted by Gasteiger charge is -2.22. The molecule has 2 atom stereocenters. The molecule has 2 aliphatic rings. The van der Waals surface area contributed by atoms with Crippen LogP contribution in [-0.4, -0.2) is 22.5 Å². The first-order valence-electron chi connectivity index (χ1n) is 4.81. The molecule has 5 heteroatoms. The summed E-state index contributed by atoms with van der Waals surface area (Å²) in [6, 6.07) is 4.63. The normalized spacial score (nSPS) is 30.1. The maximum absolute atomic E-state index is 11.9. The molecule has 0 amide bonds. The minimum absolute atomic E-state index is 0.189. The topological polar surface area (TPSA) is 63.6 Å². The Labute approximate surface area is 95.8 Å². The number of carbonyl (C=O) groups excluding carboxylic acids is 1. The summed E-state index contributed by atoms with van der Waals surface area (Å²) in [7, 11) is 0. The lowest BCUT2D eigenvalue weighted by atomic mass is 10.0. The van der Waals surface area contributed by atoms with Gasteiger partial charge in [0.25, 0.3) is 0 Å². The molecule has 16 heavy (non-hydrogen) atoms. The average Bonchev–Trinajstić information content (AvgIpc) is 2.96. The molecule has 0 aromatic heterocycles. The minimum atomic E-state index is -1.32. The first-order valence-corrected chi connectivity index (χ1v) is 5.18. The molecule has 0 unspecified atom stereocenters. The third-order valence-electron chi connectivity index (χ3n) is 3.09. The zero-order valence-electron chi connectivity index (χ0n) is 8.07. The van der Waals surface area contributed by atoms with E-state index in [1.54, 1.807) is 6.07 Å². The third-order valence-corrected chi connectivity index (χ3v) is 3.32. The van der Waals surface area contributed by atoms with Crippen LogP contribution in [0.3, 0.4) is 0 Å². The molecule has 0 saturated heterocycles. The summed E-state index contributed by atoms with van der Waals surface area (Å²) in [5.74, 6) is -1.51. The SMILES string of the molecule is O=C1c2cc(Cl)ccc2O[C@]2(C(=O)O)C[C@H]12. The number of ether oxygens (including phenoxy) is 1. The van der Waals surface area contributed by atoms with Crippen LogP contribution < -0.4 is 4.74 Å². The number of hydrogen-bond acceptors (Lipinski definition) is 3. The lowest BCUT2D eigenvalue weighted by Crippen LogP contribution is -2.37. The molecule has 82 valence electrons. The largest absolute Gasteiger partial charge is 0.478 e. The molecule has 1 aromatic rings. The molecule has 0 radical (unpaired) electrons. The van der Waals surface area contributed by atoms with Crippen LogP contribution >= 0.6 is 11.6 Å². The smallest absolute Gasteiger partial charge is 0.348 e. The molecule has 0 bridgehead atoms. The monoisotopic (exact) mass is 238 g/mol. The van der Waals surface area contributed by atoms with Gasteiger partial charge in [-0.15, -0.1) is 0 Å². The zero-order chi connectivity index (χ0) is 11.5. The molecular formula is C11H7ClO4. The highest BCUT2D eigenvalue weighted by Gasteiger charge is 2.69. The van der Waals surface area contributed by atoms with Crippen molar-refractivity contribution in [3.63, 3.8) is 0 Å². The van der Waals surface area contributed by atoms with Gasteiger partial charge in [0.1, 0.15) is 5.75 Å². The molecule has 1 aromatic carbocycles. The fraction of sp³-hybridized carbons (Fsp3) is 0.273. The molecule has 1 aliphatic carbocycles. The van der Waals surface area contributed by atoms with Crippen LogP contribution in [0.2, 0.25) is 5.02 Å². The molecular weight excluding hydrogens is 232 g/mol. The van der Waals surface area contributed by atoms with Gasteiger partial charge in [-0.2, -0.15) is 0 Å². The summed E-state index contributed by atoms with van der Waals surface area (Å²) in [5.41, 5.74) is -0.940. The number of carbonyl (C=O) groups is 2. The van der Waals surface area contributed by atoms with Gasteiger partial charge in [-0.25, -0.2) is 4.79 Å². The quantitative estimate of drug-likeness (QED) is 0.810. The van der Waals surface area contributed by atoms with Gasteiger partial charge < -0.3 is 9.84 Å². The van der Waals surface area contributed by atoms with Crippen LogP contribution in [0.5, 0.6) is 5.75 Å². The van der Waals surface area contributed by atoms with Crippen LogP contribution in [0.25, 0.3) is 0 Å². The molecule has 1 N–H and O–H groups in total. The number of carboxylic acid groups (broad SMARTS) is 1. The van der Waals surface area contributed by atoms with Gasteiger partial charge in [-0.1, -0.05) is 11.6 Å². The van der Waals surface area contributed by atoms with E-state index in [2.05, 4.69) is 0 Å². The summed E-state index contributed by atoms with van der Waals surface area (Å²) in [5, 5.41) is 9.48. The van der Waals surface area contributed by atoms with Gasteiger partial charge in [0.15, 0.2) is 5.78 Å². The van der Waals surface area contributed by atoms with Crippen molar-refractivity contribution in [1.82, 2.24) is 0 Å². The molecule has 1 aliphatic heterocycles. The Hall–Kier alpha value is -1.55. The summed E-state index contributed by atoms with van der Waals surface area (Å²) in [6.07, 6.45) is 0.244. The first-order chi connectivity index (χ1) is 7.54. The number of ketones is 1. The lowest BCUT2D eigenvalue weighted by molar-refractivity contribution is -0.148. The standard InChI is InChI=1S/C11H7ClO4/c12-5-1-2-8-6(3-5)9(13)7-4-11(7,16-8)10(14)15/h1-3,7H,4H2,(H,14,15)/t7-,11-/m1/s1. The van der Waals surface area contributed by atoms with E-state index in [1.807, 2.05) is 0 Å². The predicted octanol–water partition coefficient (Wildman–Crippen LogP) is 1.76. The highest BCUT2D eigenvalue weighted by molar-refractivity contribution is 6.31. The number of hydrogen-bond donors (Lipinski definition) is 1.